The molecule has 5 rings (SSSR count). The Kier molecular flexibility index (Phi) is 29.5. The zero-order valence-corrected chi connectivity index (χ0v) is 52.3. The number of carbonyl (C=O) groups is 4. The highest BCUT2D eigenvalue weighted by molar-refractivity contribution is 5.82. The molecule has 4 aliphatic rings. The summed E-state index contributed by atoms with van der Waals surface area (Å²) in [6.45, 7) is 13.4. The van der Waals surface area contributed by atoms with E-state index >= 15 is 0 Å². The van der Waals surface area contributed by atoms with Gasteiger partial charge in [0, 0.05) is 78.1 Å². The number of Topliss-reactive ketones (excluding diaryl/α,β-unsaturated/α-hetero) is 1. The highest BCUT2D eigenvalue weighted by Gasteiger charge is 2.63. The molecule has 1 aromatic rings. The van der Waals surface area contributed by atoms with Crippen molar-refractivity contribution < 1.29 is 102 Å². The van der Waals surface area contributed by atoms with Gasteiger partial charge in [0.15, 0.2) is 25.0 Å². The SMILES string of the molecule is CC=CC=C[C@@H]1O[C@](O)([C@H](CO[C@H]2C[C@H](OC)[C@H](O[C@@H]3C[C@@H](OC)[C@@H](O[C@H]4C[C@H](OC)[C@H](O)[C@H](C)O4)[C@H](C)O3)[C@H](C)O2)C(=O)NCC=CC=C(C)[C@H](OC)[C@@H](C)C(=O)C[C@H](O)CC=CC=CC=CC(=O)O)[C@H](OC(=O)Cc2ccccc2)[C@H](O)C1(C)C. The summed E-state index contributed by atoms with van der Waals surface area (Å²) in [6.07, 6.45) is 7.17. The lowest BCUT2D eigenvalue weighted by Crippen LogP contribution is -2.71. The normalized spacial score (nSPS) is 33.1. The van der Waals surface area contributed by atoms with Crippen molar-refractivity contribution in [1.82, 2.24) is 5.32 Å². The Balaban J connectivity index is 1.35. The molecule has 0 radical (unpaired) electrons. The van der Waals surface area contributed by atoms with Gasteiger partial charge in [-0.1, -0.05) is 124 Å². The minimum Gasteiger partial charge on any atom is -0.478 e. The standard InChI is InChI=1S/C65H95NO21/c1-13-14-19-30-51-64(7,8)61(73)62(84-53(71)33-44-27-20-18-21-28-44)65(75,87-51)46(63(74)66-32-25-24-26-39(2)58(79-12)40(3)47(68)34-45(67)29-22-16-15-17-23-31-52(69)70)38-80-54-36-49(77-10)59(42(5)82-54)86-56-37-50(78-11)60(43(6)83-56)85-55-35-48(76-9)57(72)41(4)81-55/h13-28,30-31,40-43,45-46,48-51,54-62,67,72-73,75H,29,32-38H2,1-12H3,(H,66,74)(H,69,70)/t40-,41-,42-,43-,45+,46+,48-,49-,50+,51-,54+,55-,56+,57+,58-,59+,60-,61-,62+,65+/m0/s1. The van der Waals surface area contributed by atoms with Gasteiger partial charge in [-0.05, 0) is 52.2 Å². The summed E-state index contributed by atoms with van der Waals surface area (Å²) in [5.74, 6) is -7.97. The molecule has 0 aliphatic carbocycles. The fourth-order valence-corrected chi connectivity index (χ4v) is 11.2. The maximum atomic E-state index is 14.9. The number of carboxylic acid groups (broad SMARTS) is 1. The van der Waals surface area contributed by atoms with E-state index in [0.717, 1.165) is 6.08 Å². The summed E-state index contributed by atoms with van der Waals surface area (Å²) in [5.41, 5.74) is 0.0847. The average Bonchev–Trinajstić information content (AvgIpc) is 1.29. The molecule has 22 heteroatoms. The van der Waals surface area contributed by atoms with Gasteiger partial charge in [0.25, 0.3) is 0 Å². The van der Waals surface area contributed by atoms with Crippen LogP contribution in [0.2, 0.25) is 0 Å². The second kappa shape index (κ2) is 35.3. The van der Waals surface area contributed by atoms with Crippen LogP contribution >= 0.6 is 0 Å². The number of hydrogen-bond donors (Lipinski definition) is 6. The largest absolute Gasteiger partial charge is 0.478 e. The van der Waals surface area contributed by atoms with E-state index in [9.17, 15) is 39.6 Å². The lowest BCUT2D eigenvalue weighted by molar-refractivity contribution is -0.368. The molecule has 4 saturated heterocycles. The van der Waals surface area contributed by atoms with E-state index in [2.05, 4.69) is 5.32 Å². The molecule has 4 aliphatic heterocycles. The number of methoxy groups -OCH3 is 4. The Morgan fingerprint density at radius 1 is 0.782 bits per heavy atom. The van der Waals surface area contributed by atoms with Gasteiger partial charge in [0.05, 0.1) is 68.0 Å². The highest BCUT2D eigenvalue weighted by atomic mass is 16.7. The molecule has 87 heavy (non-hydrogen) atoms. The molecule has 0 saturated carbocycles. The molecule has 22 nitrogen and oxygen atoms in total. The van der Waals surface area contributed by atoms with Crippen LogP contribution in [0.3, 0.4) is 0 Å². The van der Waals surface area contributed by atoms with Crippen molar-refractivity contribution in [2.75, 3.05) is 41.6 Å². The number of amides is 1. The number of nitrogens with one attached hydrogen (secondary N) is 1. The summed E-state index contributed by atoms with van der Waals surface area (Å²) >= 11 is 0. The van der Waals surface area contributed by atoms with Crippen molar-refractivity contribution in [3.05, 3.63) is 120 Å². The molecule has 4 fully saturated rings. The van der Waals surface area contributed by atoms with Crippen molar-refractivity contribution in [2.24, 2.45) is 17.3 Å². The number of allylic oxidation sites excluding steroid dienone is 9. The summed E-state index contributed by atoms with van der Waals surface area (Å²) in [5, 5.41) is 58.1. The maximum absolute atomic E-state index is 14.9. The molecule has 0 bridgehead atoms. The number of aliphatic hydroxyl groups is 4. The number of hydrogen-bond acceptors (Lipinski definition) is 20. The van der Waals surface area contributed by atoms with Gasteiger partial charge < -0.3 is 87.7 Å². The monoisotopic (exact) mass is 1230 g/mol. The van der Waals surface area contributed by atoms with Gasteiger partial charge in [0.2, 0.25) is 11.7 Å². The Bertz CT molecular complexity index is 2530. The van der Waals surface area contributed by atoms with Crippen LogP contribution in [0.1, 0.15) is 93.1 Å². The van der Waals surface area contributed by atoms with Crippen LogP contribution in [-0.4, -0.2) is 201 Å². The Labute approximate surface area is 512 Å². The number of ether oxygens (including phenoxy) is 12. The quantitative estimate of drug-likeness (QED) is 0.0295. The zero-order chi connectivity index (χ0) is 64.0. The third-order valence-electron chi connectivity index (χ3n) is 16.3. The number of esters is 1. The van der Waals surface area contributed by atoms with E-state index in [1.807, 2.05) is 13.8 Å². The zero-order valence-electron chi connectivity index (χ0n) is 52.3. The summed E-state index contributed by atoms with van der Waals surface area (Å²) in [4.78, 5) is 52.7. The minimum atomic E-state index is -2.73. The van der Waals surface area contributed by atoms with E-state index in [4.69, 9.17) is 61.9 Å². The molecule has 20 atom stereocenters. The van der Waals surface area contributed by atoms with Crippen molar-refractivity contribution >= 4 is 23.6 Å². The van der Waals surface area contributed by atoms with Crippen LogP contribution in [-0.2, 0) is 82.4 Å². The van der Waals surface area contributed by atoms with Crippen molar-refractivity contribution in [3.63, 3.8) is 0 Å². The first kappa shape index (κ1) is 72.6. The van der Waals surface area contributed by atoms with Gasteiger partial charge in [-0.3, -0.25) is 14.4 Å². The number of aliphatic carboxylic acids is 1. The Morgan fingerprint density at radius 3 is 1.99 bits per heavy atom. The molecular weight excluding hydrogens is 1130 g/mol. The molecule has 0 unspecified atom stereocenters. The van der Waals surface area contributed by atoms with Gasteiger partial charge in [-0.2, -0.15) is 0 Å². The second-order valence-electron chi connectivity index (χ2n) is 23.1. The highest BCUT2D eigenvalue weighted by Crippen LogP contribution is 2.46. The smallest absolute Gasteiger partial charge is 0.328 e. The molecule has 0 aromatic heterocycles. The van der Waals surface area contributed by atoms with Crippen LogP contribution in [0.25, 0.3) is 0 Å². The van der Waals surface area contributed by atoms with E-state index in [1.54, 1.807) is 140 Å². The van der Waals surface area contributed by atoms with Gasteiger partial charge in [0.1, 0.15) is 36.1 Å². The van der Waals surface area contributed by atoms with Gasteiger partial charge in [-0.25, -0.2) is 4.79 Å². The number of rotatable bonds is 31. The van der Waals surface area contributed by atoms with E-state index in [1.165, 1.54) is 33.5 Å². The molecule has 1 amide bonds. The molecule has 1 aromatic carbocycles. The van der Waals surface area contributed by atoms with Gasteiger partial charge >= 0.3 is 11.9 Å². The van der Waals surface area contributed by atoms with Gasteiger partial charge in [-0.15, -0.1) is 0 Å². The lowest BCUT2D eigenvalue weighted by Gasteiger charge is -2.54. The van der Waals surface area contributed by atoms with Crippen LogP contribution in [0.4, 0.5) is 0 Å². The first-order valence-corrected chi connectivity index (χ1v) is 29.8. The van der Waals surface area contributed by atoms with Crippen molar-refractivity contribution in [2.45, 2.75) is 204 Å². The third kappa shape index (κ3) is 20.7. The van der Waals surface area contributed by atoms with Crippen molar-refractivity contribution in [1.29, 1.82) is 0 Å². The van der Waals surface area contributed by atoms with Crippen LogP contribution in [0.5, 0.6) is 0 Å². The fourth-order valence-electron chi connectivity index (χ4n) is 11.2. The summed E-state index contributed by atoms with van der Waals surface area (Å²) in [7, 11) is 6.10. The number of carbonyl (C=O) groups excluding carboxylic acids is 3. The second-order valence-corrected chi connectivity index (χ2v) is 23.1. The van der Waals surface area contributed by atoms with Crippen molar-refractivity contribution in [3.8, 4) is 0 Å². The Hall–Kier alpha value is -5.12. The number of ketones is 1. The van der Waals surface area contributed by atoms with Crippen LogP contribution < -0.4 is 5.32 Å². The topological polar surface area (TPSA) is 292 Å². The molecule has 486 valence electrons. The predicted molar refractivity (Wildman–Crippen MR) is 319 cm³/mol. The first-order valence-electron chi connectivity index (χ1n) is 29.8. The van der Waals surface area contributed by atoms with E-state index < -0.39 is 152 Å². The lowest BCUT2D eigenvalue weighted by atomic mass is 9.71. The van der Waals surface area contributed by atoms with Crippen LogP contribution in [0, 0.1) is 17.3 Å². The molecule has 4 heterocycles. The van der Waals surface area contributed by atoms with E-state index in [-0.39, 0.29) is 44.4 Å². The van der Waals surface area contributed by atoms with E-state index in [0.29, 0.717) is 17.6 Å². The Morgan fingerprint density at radius 2 is 1.38 bits per heavy atom. The minimum absolute atomic E-state index is 0.0816. The number of carboxylic acids is 1. The first-order chi connectivity index (χ1) is 41.4. The molecule has 6 N–H and O–H groups in total. The van der Waals surface area contributed by atoms with Crippen LogP contribution in [0.15, 0.2) is 115 Å². The predicted octanol–water partition coefficient (Wildman–Crippen LogP) is 5.69. The number of benzene rings is 1. The fraction of sp³-hybridized carbons (Fsp3) is 0.631. The summed E-state index contributed by atoms with van der Waals surface area (Å²) < 4.78 is 74.0. The molecule has 0 spiro atoms. The number of aliphatic hydroxyl groups excluding tert-OH is 3. The third-order valence-corrected chi connectivity index (χ3v) is 16.3. The average molecular weight is 1230 g/mol. The summed E-state index contributed by atoms with van der Waals surface area (Å²) in [6, 6.07) is 8.79. The maximum Gasteiger partial charge on any atom is 0.328 e. The molecular formula is C65H95NO21.